The topological polar surface area (TPSA) is 38.7 Å². The molecule has 88 valence electrons. The van der Waals surface area contributed by atoms with Crippen molar-refractivity contribution in [1.82, 2.24) is 15.2 Å². The van der Waals surface area contributed by atoms with Gasteiger partial charge < -0.3 is 0 Å². The van der Waals surface area contributed by atoms with Crippen LogP contribution in [-0.4, -0.2) is 15.2 Å². The Balaban J connectivity index is 2.02. The zero-order valence-corrected chi connectivity index (χ0v) is 10.3. The van der Waals surface area contributed by atoms with Gasteiger partial charge in [-0.3, -0.25) is 4.98 Å². The van der Waals surface area contributed by atoms with Crippen LogP contribution in [-0.2, 0) is 6.42 Å². The van der Waals surface area contributed by atoms with Gasteiger partial charge in [-0.05, 0) is 29.8 Å². The minimum Gasteiger partial charge on any atom is -0.256 e. The van der Waals surface area contributed by atoms with Crippen LogP contribution in [0.3, 0.4) is 0 Å². The number of pyridine rings is 1. The lowest BCUT2D eigenvalue weighted by Crippen LogP contribution is -1.95. The Morgan fingerprint density at radius 3 is 2.67 bits per heavy atom. The molecule has 0 N–H and O–H groups in total. The van der Waals surface area contributed by atoms with Gasteiger partial charge in [-0.2, -0.15) is 5.10 Å². The Morgan fingerprint density at radius 1 is 0.944 bits per heavy atom. The first-order chi connectivity index (χ1) is 8.83. The standard InChI is InChI=1S/C14H10ClN3/c15-14-6-5-11(17-18-14)9-10-7-8-16-13-4-2-1-3-12(10)13/h1-8H,9H2. The van der Waals surface area contributed by atoms with Crippen molar-refractivity contribution in [2.24, 2.45) is 0 Å². The highest BCUT2D eigenvalue weighted by Crippen LogP contribution is 2.18. The Hall–Kier alpha value is -2.00. The molecule has 0 saturated carbocycles. The maximum Gasteiger partial charge on any atom is 0.151 e. The van der Waals surface area contributed by atoms with E-state index < -0.39 is 0 Å². The molecule has 2 aromatic heterocycles. The number of hydrogen-bond donors (Lipinski definition) is 0. The Labute approximate surface area is 109 Å². The van der Waals surface area contributed by atoms with Gasteiger partial charge >= 0.3 is 0 Å². The zero-order valence-electron chi connectivity index (χ0n) is 9.55. The van der Waals surface area contributed by atoms with Crippen molar-refractivity contribution in [2.75, 3.05) is 0 Å². The SMILES string of the molecule is Clc1ccc(Cc2ccnc3ccccc23)nn1. The van der Waals surface area contributed by atoms with E-state index in [-0.39, 0.29) is 0 Å². The van der Waals surface area contributed by atoms with Crippen LogP contribution < -0.4 is 0 Å². The molecule has 3 rings (SSSR count). The van der Waals surface area contributed by atoms with Crippen molar-refractivity contribution in [3.63, 3.8) is 0 Å². The van der Waals surface area contributed by atoms with Crippen molar-refractivity contribution in [3.05, 3.63) is 65.1 Å². The molecule has 4 heteroatoms. The first-order valence-corrected chi connectivity index (χ1v) is 6.01. The monoisotopic (exact) mass is 255 g/mol. The molecule has 3 nitrogen and oxygen atoms in total. The van der Waals surface area contributed by atoms with E-state index in [0.29, 0.717) is 5.15 Å². The number of para-hydroxylation sites is 1. The van der Waals surface area contributed by atoms with Crippen LogP contribution in [0.5, 0.6) is 0 Å². The number of fused-ring (bicyclic) bond motifs is 1. The third-order valence-electron chi connectivity index (χ3n) is 2.80. The van der Waals surface area contributed by atoms with Crippen LogP contribution in [0.15, 0.2) is 48.7 Å². The van der Waals surface area contributed by atoms with Gasteiger partial charge in [0.15, 0.2) is 5.15 Å². The van der Waals surface area contributed by atoms with Gasteiger partial charge in [0.1, 0.15) is 0 Å². The lowest BCUT2D eigenvalue weighted by molar-refractivity contribution is 0.939. The van der Waals surface area contributed by atoms with Crippen molar-refractivity contribution in [1.29, 1.82) is 0 Å². The fraction of sp³-hybridized carbons (Fsp3) is 0.0714. The van der Waals surface area contributed by atoms with Gasteiger partial charge in [0, 0.05) is 18.0 Å². The first-order valence-electron chi connectivity index (χ1n) is 5.64. The number of rotatable bonds is 2. The first kappa shape index (κ1) is 11.1. The second kappa shape index (κ2) is 4.70. The van der Waals surface area contributed by atoms with E-state index in [4.69, 9.17) is 11.6 Å². The molecule has 0 radical (unpaired) electrons. The van der Waals surface area contributed by atoms with E-state index in [1.54, 1.807) is 6.07 Å². The molecule has 3 aromatic rings. The van der Waals surface area contributed by atoms with E-state index in [2.05, 4.69) is 21.2 Å². The minimum atomic E-state index is 0.415. The third-order valence-corrected chi connectivity index (χ3v) is 3.00. The second-order valence-corrected chi connectivity index (χ2v) is 4.40. The van der Waals surface area contributed by atoms with Gasteiger partial charge in [0.05, 0.1) is 11.2 Å². The lowest BCUT2D eigenvalue weighted by Gasteiger charge is -2.05. The quantitative estimate of drug-likeness (QED) is 0.705. The number of benzene rings is 1. The smallest absolute Gasteiger partial charge is 0.151 e. The summed E-state index contributed by atoms with van der Waals surface area (Å²) in [6.45, 7) is 0. The Morgan fingerprint density at radius 2 is 1.83 bits per heavy atom. The molecule has 0 amide bonds. The van der Waals surface area contributed by atoms with E-state index in [1.165, 1.54) is 5.56 Å². The normalized spacial score (nSPS) is 10.7. The van der Waals surface area contributed by atoms with Crippen molar-refractivity contribution in [3.8, 4) is 0 Å². The largest absolute Gasteiger partial charge is 0.256 e. The average Bonchev–Trinajstić information content (AvgIpc) is 2.42. The van der Waals surface area contributed by atoms with Crippen LogP contribution in [0.25, 0.3) is 10.9 Å². The molecule has 0 aliphatic rings. The maximum absolute atomic E-state index is 5.73. The summed E-state index contributed by atoms with van der Waals surface area (Å²) < 4.78 is 0. The molecule has 0 bridgehead atoms. The predicted octanol–water partition coefficient (Wildman–Crippen LogP) is 3.27. The van der Waals surface area contributed by atoms with Crippen molar-refractivity contribution >= 4 is 22.5 Å². The highest BCUT2D eigenvalue weighted by atomic mass is 35.5. The summed E-state index contributed by atoms with van der Waals surface area (Å²) in [5, 5.41) is 9.50. The molecule has 0 atom stereocenters. The molecular weight excluding hydrogens is 246 g/mol. The van der Waals surface area contributed by atoms with Gasteiger partial charge in [-0.25, -0.2) is 0 Å². The van der Waals surface area contributed by atoms with Crippen molar-refractivity contribution in [2.45, 2.75) is 6.42 Å². The summed E-state index contributed by atoms with van der Waals surface area (Å²) in [5.41, 5.74) is 3.09. The fourth-order valence-electron chi connectivity index (χ4n) is 1.94. The van der Waals surface area contributed by atoms with E-state index >= 15 is 0 Å². The van der Waals surface area contributed by atoms with Crippen LogP contribution in [0, 0.1) is 0 Å². The highest BCUT2D eigenvalue weighted by molar-refractivity contribution is 6.29. The van der Waals surface area contributed by atoms with E-state index in [1.807, 2.05) is 36.5 Å². The molecular formula is C14H10ClN3. The number of aromatic nitrogens is 3. The van der Waals surface area contributed by atoms with Crippen LogP contribution in [0.2, 0.25) is 5.15 Å². The van der Waals surface area contributed by atoms with Crippen molar-refractivity contribution < 1.29 is 0 Å². The number of nitrogens with zero attached hydrogens (tertiary/aromatic N) is 3. The second-order valence-electron chi connectivity index (χ2n) is 4.01. The number of halogens is 1. The molecule has 0 aliphatic heterocycles. The zero-order chi connectivity index (χ0) is 12.4. The highest BCUT2D eigenvalue weighted by Gasteiger charge is 2.04. The third kappa shape index (κ3) is 2.17. The molecule has 1 aromatic carbocycles. The van der Waals surface area contributed by atoms with Crippen LogP contribution in [0.4, 0.5) is 0 Å². The molecule has 0 aliphatic carbocycles. The van der Waals surface area contributed by atoms with Gasteiger partial charge in [0.2, 0.25) is 0 Å². The summed E-state index contributed by atoms with van der Waals surface area (Å²) >= 11 is 5.73. The summed E-state index contributed by atoms with van der Waals surface area (Å²) in [5.74, 6) is 0. The minimum absolute atomic E-state index is 0.415. The predicted molar refractivity (Wildman–Crippen MR) is 71.6 cm³/mol. The van der Waals surface area contributed by atoms with Gasteiger partial charge in [-0.15, -0.1) is 5.10 Å². The molecule has 0 spiro atoms. The number of hydrogen-bond acceptors (Lipinski definition) is 3. The Kier molecular flexibility index (Phi) is 2.90. The van der Waals surface area contributed by atoms with Crippen LogP contribution in [0.1, 0.15) is 11.3 Å². The molecule has 18 heavy (non-hydrogen) atoms. The molecule has 2 heterocycles. The van der Waals surface area contributed by atoms with Gasteiger partial charge in [-0.1, -0.05) is 29.8 Å². The molecule has 0 fully saturated rings. The van der Waals surface area contributed by atoms with Gasteiger partial charge in [0.25, 0.3) is 0 Å². The fourth-order valence-corrected chi connectivity index (χ4v) is 2.04. The summed E-state index contributed by atoms with van der Waals surface area (Å²) in [4.78, 5) is 4.34. The Bertz CT molecular complexity index is 675. The lowest BCUT2D eigenvalue weighted by atomic mass is 10.0. The van der Waals surface area contributed by atoms with E-state index in [0.717, 1.165) is 23.0 Å². The summed E-state index contributed by atoms with van der Waals surface area (Å²) in [6, 6.07) is 13.7. The van der Waals surface area contributed by atoms with E-state index in [9.17, 15) is 0 Å². The van der Waals surface area contributed by atoms with Crippen LogP contribution >= 0.6 is 11.6 Å². The maximum atomic E-state index is 5.73. The summed E-state index contributed by atoms with van der Waals surface area (Å²) in [6.07, 6.45) is 2.55. The molecule has 0 unspecified atom stereocenters. The summed E-state index contributed by atoms with van der Waals surface area (Å²) in [7, 11) is 0. The average molecular weight is 256 g/mol. The molecule has 0 saturated heterocycles.